The molecule has 1 aliphatic rings. The highest BCUT2D eigenvalue weighted by Crippen LogP contribution is 2.43. The summed E-state index contributed by atoms with van der Waals surface area (Å²) in [6.45, 7) is 0. The Bertz CT molecular complexity index is 430. The molecule has 0 saturated heterocycles. The molecule has 2 rings (SSSR count). The Kier molecular flexibility index (Phi) is 2.91. The average molecular weight is 241 g/mol. The molecule has 86 valence electrons. The first kappa shape index (κ1) is 11.4. The summed E-state index contributed by atoms with van der Waals surface area (Å²) < 4.78 is 5.45. The van der Waals surface area contributed by atoms with Gasteiger partial charge in [-0.25, -0.2) is 0 Å². The average Bonchev–Trinajstić information content (AvgIpc) is 2.57. The van der Waals surface area contributed by atoms with Crippen molar-refractivity contribution in [1.82, 2.24) is 0 Å². The molecule has 1 aliphatic carbocycles. The molecule has 0 saturated carbocycles. The van der Waals surface area contributed by atoms with Crippen LogP contribution in [-0.4, -0.2) is 18.2 Å². The van der Waals surface area contributed by atoms with Crippen molar-refractivity contribution in [2.45, 2.75) is 24.9 Å². The predicted octanol–water partition coefficient (Wildman–Crippen LogP) is 2.60. The molecule has 4 heteroatoms. The fourth-order valence-electron chi connectivity index (χ4n) is 2.37. The van der Waals surface area contributed by atoms with E-state index in [0.717, 1.165) is 17.5 Å². The minimum absolute atomic E-state index is 0.0170. The Hall–Kier alpha value is -1.06. The summed E-state index contributed by atoms with van der Waals surface area (Å²) in [5.74, 6) is -0.852. The van der Waals surface area contributed by atoms with Crippen molar-refractivity contribution in [2.24, 2.45) is 0 Å². The summed E-state index contributed by atoms with van der Waals surface area (Å²) in [4.78, 5) is 10.9. The van der Waals surface area contributed by atoms with Gasteiger partial charge in [0.05, 0.1) is 6.42 Å². The SMILES string of the molecule is COC1(CC(=O)O)CCc2ccc(Cl)cc21. The number of carboxylic acid groups (broad SMARTS) is 1. The molecule has 0 bridgehead atoms. The third-order valence-electron chi connectivity index (χ3n) is 3.19. The van der Waals surface area contributed by atoms with Crippen molar-refractivity contribution in [3.05, 3.63) is 34.3 Å². The molecule has 1 unspecified atom stereocenters. The smallest absolute Gasteiger partial charge is 0.306 e. The van der Waals surface area contributed by atoms with Crippen LogP contribution in [0.5, 0.6) is 0 Å². The highest BCUT2D eigenvalue weighted by molar-refractivity contribution is 6.30. The van der Waals surface area contributed by atoms with Crippen molar-refractivity contribution >= 4 is 17.6 Å². The summed E-state index contributed by atoms with van der Waals surface area (Å²) in [6.07, 6.45) is 1.52. The van der Waals surface area contributed by atoms with Crippen LogP contribution in [0.15, 0.2) is 18.2 Å². The van der Waals surface area contributed by atoms with Gasteiger partial charge in [-0.05, 0) is 36.1 Å². The lowest BCUT2D eigenvalue weighted by atomic mass is 9.92. The van der Waals surface area contributed by atoms with Crippen LogP contribution in [0.4, 0.5) is 0 Å². The minimum Gasteiger partial charge on any atom is -0.481 e. The van der Waals surface area contributed by atoms with Gasteiger partial charge in [0.15, 0.2) is 0 Å². The molecule has 0 aliphatic heterocycles. The molecule has 1 atom stereocenters. The molecule has 1 aromatic rings. The lowest BCUT2D eigenvalue weighted by Gasteiger charge is -2.27. The number of hydrogen-bond donors (Lipinski definition) is 1. The number of carboxylic acids is 1. The second kappa shape index (κ2) is 4.07. The summed E-state index contributed by atoms with van der Waals surface area (Å²) in [5.41, 5.74) is 1.35. The molecule has 0 spiro atoms. The number of halogens is 1. The largest absolute Gasteiger partial charge is 0.481 e. The molecule has 1 aromatic carbocycles. The normalized spacial score (nSPS) is 23.1. The fourth-order valence-corrected chi connectivity index (χ4v) is 2.55. The van der Waals surface area contributed by atoms with Crippen molar-refractivity contribution in [2.75, 3.05) is 7.11 Å². The van der Waals surface area contributed by atoms with Gasteiger partial charge < -0.3 is 9.84 Å². The Balaban J connectivity index is 2.45. The molecule has 1 N–H and O–H groups in total. The van der Waals surface area contributed by atoms with Gasteiger partial charge >= 0.3 is 5.97 Å². The minimum atomic E-state index is -0.852. The van der Waals surface area contributed by atoms with Crippen LogP contribution in [0.1, 0.15) is 24.0 Å². The maximum absolute atomic E-state index is 10.9. The maximum Gasteiger partial charge on any atom is 0.306 e. The lowest BCUT2D eigenvalue weighted by Crippen LogP contribution is -2.28. The standard InChI is InChI=1S/C12H13ClO3/c1-16-12(7-11(14)15)5-4-8-2-3-9(13)6-10(8)12/h2-3,6H,4-5,7H2,1H3,(H,14,15). The summed E-state index contributed by atoms with van der Waals surface area (Å²) >= 11 is 5.94. The maximum atomic E-state index is 10.9. The summed E-state index contributed by atoms with van der Waals surface area (Å²) in [5, 5.41) is 9.57. The van der Waals surface area contributed by atoms with Crippen LogP contribution >= 0.6 is 11.6 Å². The second-order valence-electron chi connectivity index (χ2n) is 4.07. The van der Waals surface area contributed by atoms with E-state index in [9.17, 15) is 4.79 Å². The molecule has 3 nitrogen and oxygen atoms in total. The predicted molar refractivity (Wildman–Crippen MR) is 60.7 cm³/mol. The van der Waals surface area contributed by atoms with Gasteiger partial charge in [-0.2, -0.15) is 0 Å². The highest BCUT2D eigenvalue weighted by atomic mass is 35.5. The van der Waals surface area contributed by atoms with E-state index >= 15 is 0 Å². The Morgan fingerprint density at radius 1 is 1.62 bits per heavy atom. The number of methoxy groups -OCH3 is 1. The van der Waals surface area contributed by atoms with Crippen LogP contribution < -0.4 is 0 Å². The second-order valence-corrected chi connectivity index (χ2v) is 4.51. The van der Waals surface area contributed by atoms with Crippen LogP contribution in [0.3, 0.4) is 0 Å². The Labute approximate surface area is 99.0 Å². The number of ether oxygens (including phenoxy) is 1. The van der Waals surface area contributed by atoms with Gasteiger partial charge in [-0.15, -0.1) is 0 Å². The number of aryl methyl sites for hydroxylation is 1. The third kappa shape index (κ3) is 1.81. The zero-order valence-corrected chi connectivity index (χ0v) is 9.75. The van der Waals surface area contributed by atoms with Gasteiger partial charge in [0.1, 0.15) is 5.60 Å². The first-order chi connectivity index (χ1) is 7.57. The highest BCUT2D eigenvalue weighted by Gasteiger charge is 2.40. The zero-order valence-electron chi connectivity index (χ0n) is 9.00. The third-order valence-corrected chi connectivity index (χ3v) is 3.42. The zero-order chi connectivity index (χ0) is 11.8. The lowest BCUT2D eigenvalue weighted by molar-refractivity contribution is -0.144. The van der Waals surface area contributed by atoms with Crippen LogP contribution in [0.25, 0.3) is 0 Å². The number of hydrogen-bond acceptors (Lipinski definition) is 2. The number of aliphatic carboxylic acids is 1. The van der Waals surface area contributed by atoms with E-state index in [2.05, 4.69) is 0 Å². The van der Waals surface area contributed by atoms with Gasteiger partial charge in [-0.1, -0.05) is 17.7 Å². The van der Waals surface area contributed by atoms with Crippen molar-refractivity contribution in [1.29, 1.82) is 0 Å². The van der Waals surface area contributed by atoms with Crippen molar-refractivity contribution in [3.8, 4) is 0 Å². The molecular weight excluding hydrogens is 228 g/mol. The van der Waals surface area contributed by atoms with E-state index in [1.54, 1.807) is 7.11 Å². The van der Waals surface area contributed by atoms with Crippen molar-refractivity contribution < 1.29 is 14.6 Å². The number of fused-ring (bicyclic) bond motifs is 1. The quantitative estimate of drug-likeness (QED) is 0.884. The van der Waals surface area contributed by atoms with Crippen LogP contribution in [0.2, 0.25) is 5.02 Å². The fraction of sp³-hybridized carbons (Fsp3) is 0.417. The van der Waals surface area contributed by atoms with Crippen molar-refractivity contribution in [3.63, 3.8) is 0 Å². The molecule has 0 aromatic heterocycles. The molecule has 0 radical (unpaired) electrons. The number of rotatable bonds is 3. The first-order valence-electron chi connectivity index (χ1n) is 5.13. The van der Waals surface area contributed by atoms with E-state index in [4.69, 9.17) is 21.4 Å². The van der Waals surface area contributed by atoms with E-state index in [1.807, 2.05) is 18.2 Å². The van der Waals surface area contributed by atoms with Crippen LogP contribution in [0, 0.1) is 0 Å². The van der Waals surface area contributed by atoms with Gasteiger partial charge in [0.2, 0.25) is 0 Å². The Morgan fingerprint density at radius 3 is 3.00 bits per heavy atom. The van der Waals surface area contributed by atoms with E-state index in [1.165, 1.54) is 0 Å². The molecule has 0 heterocycles. The van der Waals surface area contributed by atoms with Gasteiger partial charge in [0, 0.05) is 12.1 Å². The number of benzene rings is 1. The van der Waals surface area contributed by atoms with Gasteiger partial charge in [0.25, 0.3) is 0 Å². The molecule has 0 amide bonds. The topological polar surface area (TPSA) is 46.5 Å². The molecule has 0 fully saturated rings. The van der Waals surface area contributed by atoms with E-state index in [0.29, 0.717) is 11.4 Å². The molecular formula is C12H13ClO3. The van der Waals surface area contributed by atoms with Gasteiger partial charge in [-0.3, -0.25) is 4.79 Å². The monoisotopic (exact) mass is 240 g/mol. The number of carbonyl (C=O) groups is 1. The van der Waals surface area contributed by atoms with Crippen LogP contribution in [-0.2, 0) is 21.6 Å². The summed E-state index contributed by atoms with van der Waals surface area (Å²) in [6, 6.07) is 5.59. The van der Waals surface area contributed by atoms with E-state index in [-0.39, 0.29) is 6.42 Å². The summed E-state index contributed by atoms with van der Waals surface area (Å²) in [7, 11) is 1.55. The first-order valence-corrected chi connectivity index (χ1v) is 5.51. The Morgan fingerprint density at radius 2 is 2.38 bits per heavy atom. The van der Waals surface area contributed by atoms with E-state index < -0.39 is 11.6 Å². The molecule has 16 heavy (non-hydrogen) atoms.